The molecule has 1 aliphatic carbocycles. The van der Waals surface area contributed by atoms with Crippen LogP contribution < -0.4 is 0 Å². The van der Waals surface area contributed by atoms with Crippen LogP contribution in [0.25, 0.3) is 0 Å². The van der Waals surface area contributed by atoms with Crippen molar-refractivity contribution in [1.82, 2.24) is 0 Å². The van der Waals surface area contributed by atoms with E-state index in [2.05, 4.69) is 6.92 Å². The highest BCUT2D eigenvalue weighted by atomic mass is 32.2. The van der Waals surface area contributed by atoms with Crippen molar-refractivity contribution in [3.63, 3.8) is 0 Å². The second-order valence-corrected chi connectivity index (χ2v) is 6.91. The number of rotatable bonds is 4. The van der Waals surface area contributed by atoms with E-state index in [1.165, 1.54) is 31.4 Å². The summed E-state index contributed by atoms with van der Waals surface area (Å²) < 4.78 is 12.4. The number of carboxylic acids is 1. The molecule has 4 heteroatoms. The van der Waals surface area contributed by atoms with Crippen molar-refractivity contribution in [2.45, 2.75) is 49.2 Å². The smallest absolute Gasteiger partial charge is 0.335 e. The minimum absolute atomic E-state index is 0.235. The lowest BCUT2D eigenvalue weighted by molar-refractivity contribution is 0.0697. The van der Waals surface area contributed by atoms with Crippen LogP contribution in [0.15, 0.2) is 29.2 Å². The lowest BCUT2D eigenvalue weighted by Crippen LogP contribution is -2.23. The van der Waals surface area contributed by atoms with E-state index < -0.39 is 16.8 Å². The molecule has 1 aromatic rings. The third-order valence-electron chi connectivity index (χ3n) is 4.01. The molecule has 0 aliphatic heterocycles. The summed E-state index contributed by atoms with van der Waals surface area (Å²) in [5, 5.41) is 9.08. The topological polar surface area (TPSA) is 54.4 Å². The van der Waals surface area contributed by atoms with Crippen molar-refractivity contribution in [1.29, 1.82) is 0 Å². The van der Waals surface area contributed by atoms with Crippen molar-refractivity contribution in [2.24, 2.45) is 5.92 Å². The molecule has 0 spiro atoms. The monoisotopic (exact) mass is 280 g/mol. The number of aromatic carboxylic acids is 1. The highest BCUT2D eigenvalue weighted by Crippen LogP contribution is 2.31. The summed E-state index contributed by atoms with van der Waals surface area (Å²) in [6.07, 6.45) is 5.59. The van der Waals surface area contributed by atoms with Gasteiger partial charge in [0.25, 0.3) is 0 Å². The van der Waals surface area contributed by atoms with E-state index in [1.807, 2.05) is 0 Å². The first-order chi connectivity index (χ1) is 9.11. The Labute approximate surface area is 116 Å². The quantitative estimate of drug-likeness (QED) is 0.919. The van der Waals surface area contributed by atoms with Crippen LogP contribution >= 0.6 is 0 Å². The zero-order valence-electron chi connectivity index (χ0n) is 11.2. The van der Waals surface area contributed by atoms with Crippen LogP contribution in [0, 0.1) is 5.92 Å². The van der Waals surface area contributed by atoms with E-state index in [9.17, 15) is 9.00 Å². The van der Waals surface area contributed by atoms with Gasteiger partial charge in [-0.2, -0.15) is 0 Å². The van der Waals surface area contributed by atoms with Crippen LogP contribution in [0.4, 0.5) is 0 Å². The summed E-state index contributed by atoms with van der Waals surface area (Å²) in [7, 11) is -1.00. The standard InChI is InChI=1S/C15H20O3S/c1-2-11-3-7-13(8-4-11)19(18)14-9-5-12(6-10-14)15(16)17/h5-6,9-11,13H,2-4,7-8H2,1H3,(H,16,17). The normalized spacial score (nSPS) is 24.9. The Morgan fingerprint density at radius 2 is 1.79 bits per heavy atom. The molecule has 1 aliphatic rings. The fourth-order valence-corrected chi connectivity index (χ4v) is 4.17. The first-order valence-electron chi connectivity index (χ1n) is 6.85. The molecule has 1 fully saturated rings. The Morgan fingerprint density at radius 3 is 2.26 bits per heavy atom. The Balaban J connectivity index is 2.02. The van der Waals surface area contributed by atoms with Crippen molar-refractivity contribution in [3.05, 3.63) is 29.8 Å². The molecule has 0 aromatic heterocycles. The van der Waals surface area contributed by atoms with E-state index in [-0.39, 0.29) is 10.8 Å². The Kier molecular flexibility index (Phi) is 4.75. The molecule has 3 nitrogen and oxygen atoms in total. The Morgan fingerprint density at radius 1 is 1.21 bits per heavy atom. The summed E-state index contributed by atoms with van der Waals surface area (Å²) in [6.45, 7) is 2.21. The Bertz CT molecular complexity index is 459. The van der Waals surface area contributed by atoms with Gasteiger partial charge in [-0.25, -0.2) is 4.79 Å². The van der Waals surface area contributed by atoms with Gasteiger partial charge in [0.05, 0.1) is 16.4 Å². The first kappa shape index (κ1) is 14.3. The second-order valence-electron chi connectivity index (χ2n) is 5.18. The molecule has 1 N–H and O–H groups in total. The van der Waals surface area contributed by atoms with Gasteiger partial charge in [0.15, 0.2) is 0 Å². The van der Waals surface area contributed by atoms with Crippen molar-refractivity contribution >= 4 is 16.8 Å². The van der Waals surface area contributed by atoms with E-state index in [0.29, 0.717) is 0 Å². The van der Waals surface area contributed by atoms with Gasteiger partial charge in [0, 0.05) is 10.1 Å². The summed E-state index contributed by atoms with van der Waals surface area (Å²) in [5.41, 5.74) is 0.246. The zero-order chi connectivity index (χ0) is 13.8. The molecule has 19 heavy (non-hydrogen) atoms. The highest BCUT2D eigenvalue weighted by molar-refractivity contribution is 7.85. The van der Waals surface area contributed by atoms with Crippen molar-refractivity contribution in [3.8, 4) is 0 Å². The van der Waals surface area contributed by atoms with Crippen LogP contribution in [-0.4, -0.2) is 20.5 Å². The number of hydrogen-bond donors (Lipinski definition) is 1. The molecule has 0 saturated heterocycles. The molecule has 1 aromatic carbocycles. The average molecular weight is 280 g/mol. The summed E-state index contributed by atoms with van der Waals surface area (Å²) in [4.78, 5) is 11.5. The predicted octanol–water partition coefficient (Wildman–Crippen LogP) is 3.46. The highest BCUT2D eigenvalue weighted by Gasteiger charge is 2.25. The van der Waals surface area contributed by atoms with Gasteiger partial charge >= 0.3 is 5.97 Å². The number of carboxylic acid groups (broad SMARTS) is 1. The fraction of sp³-hybridized carbons (Fsp3) is 0.533. The zero-order valence-corrected chi connectivity index (χ0v) is 12.0. The number of benzene rings is 1. The van der Waals surface area contributed by atoms with Crippen molar-refractivity contribution < 1.29 is 14.1 Å². The maximum Gasteiger partial charge on any atom is 0.335 e. The van der Waals surface area contributed by atoms with Crippen LogP contribution in [-0.2, 0) is 10.8 Å². The maximum absolute atomic E-state index is 12.4. The molecule has 0 bridgehead atoms. The van der Waals surface area contributed by atoms with E-state index in [4.69, 9.17) is 5.11 Å². The second kappa shape index (κ2) is 6.33. The summed E-state index contributed by atoms with van der Waals surface area (Å²) in [6, 6.07) is 6.44. The molecule has 0 radical (unpaired) electrons. The maximum atomic E-state index is 12.4. The van der Waals surface area contributed by atoms with Gasteiger partial charge in [-0.05, 0) is 55.9 Å². The minimum atomic E-state index is -1.00. The minimum Gasteiger partial charge on any atom is -0.478 e. The van der Waals surface area contributed by atoms with Gasteiger partial charge in [0.2, 0.25) is 0 Å². The van der Waals surface area contributed by atoms with Gasteiger partial charge in [-0.3, -0.25) is 4.21 Å². The van der Waals surface area contributed by atoms with E-state index >= 15 is 0 Å². The van der Waals surface area contributed by atoms with Crippen LogP contribution in [0.3, 0.4) is 0 Å². The van der Waals surface area contributed by atoms with Crippen molar-refractivity contribution in [2.75, 3.05) is 0 Å². The molecule has 0 amide bonds. The van der Waals surface area contributed by atoms with E-state index in [1.54, 1.807) is 12.1 Å². The SMILES string of the molecule is CCC1CCC(S(=O)c2ccc(C(=O)O)cc2)CC1. The fourth-order valence-electron chi connectivity index (χ4n) is 2.68. The van der Waals surface area contributed by atoms with E-state index in [0.717, 1.165) is 23.7 Å². The Hall–Kier alpha value is -1.16. The molecule has 104 valence electrons. The predicted molar refractivity (Wildman–Crippen MR) is 75.8 cm³/mol. The first-order valence-corrected chi connectivity index (χ1v) is 8.07. The largest absolute Gasteiger partial charge is 0.478 e. The summed E-state index contributed by atoms with van der Waals surface area (Å²) >= 11 is 0. The summed E-state index contributed by atoms with van der Waals surface area (Å²) in [5.74, 6) is -0.150. The lowest BCUT2D eigenvalue weighted by atomic mass is 9.87. The van der Waals surface area contributed by atoms with Gasteiger partial charge in [-0.1, -0.05) is 13.3 Å². The van der Waals surface area contributed by atoms with Crippen LogP contribution in [0.2, 0.25) is 0 Å². The number of carbonyl (C=O) groups is 1. The molecule has 2 rings (SSSR count). The van der Waals surface area contributed by atoms with Gasteiger partial charge < -0.3 is 5.11 Å². The van der Waals surface area contributed by atoms with Crippen LogP contribution in [0.1, 0.15) is 49.4 Å². The molecule has 1 unspecified atom stereocenters. The third-order valence-corrected chi connectivity index (χ3v) is 5.82. The molecular weight excluding hydrogens is 260 g/mol. The van der Waals surface area contributed by atoms with Gasteiger partial charge in [0.1, 0.15) is 0 Å². The molecular formula is C15H20O3S. The molecule has 0 heterocycles. The van der Waals surface area contributed by atoms with Gasteiger partial charge in [-0.15, -0.1) is 0 Å². The molecule has 1 saturated carbocycles. The van der Waals surface area contributed by atoms with Crippen LogP contribution in [0.5, 0.6) is 0 Å². The molecule has 1 atom stereocenters. The third kappa shape index (κ3) is 3.44. The average Bonchev–Trinajstić information content (AvgIpc) is 2.46. The number of hydrogen-bond acceptors (Lipinski definition) is 2. The lowest BCUT2D eigenvalue weighted by Gasteiger charge is -2.27.